The molecule has 0 bridgehead atoms. The van der Waals surface area contributed by atoms with Gasteiger partial charge in [-0.25, -0.2) is 0 Å². The van der Waals surface area contributed by atoms with E-state index in [1.54, 1.807) is 0 Å². The maximum absolute atomic E-state index is 2.59. The summed E-state index contributed by atoms with van der Waals surface area (Å²) in [5, 5.41) is 14.8. The lowest BCUT2D eigenvalue weighted by atomic mass is 9.64. The van der Waals surface area contributed by atoms with Crippen molar-refractivity contribution in [2.45, 2.75) is 5.41 Å². The number of hydrogen-bond acceptors (Lipinski definition) is 2. The highest BCUT2D eigenvalue weighted by molar-refractivity contribution is 7.26. The first-order chi connectivity index (χ1) is 60.5. The summed E-state index contributed by atoms with van der Waals surface area (Å²) >= 11 is 1.89. The van der Waals surface area contributed by atoms with Crippen LogP contribution in [0.25, 0.3) is 202 Å². The zero-order valence-corrected chi connectivity index (χ0v) is 66.8. The second-order valence-corrected chi connectivity index (χ2v) is 34.1. The zero-order chi connectivity index (χ0) is 79.6. The van der Waals surface area contributed by atoms with Gasteiger partial charge in [0.1, 0.15) is 0 Å². The lowest BCUT2D eigenvalue weighted by Gasteiger charge is -2.45. The van der Waals surface area contributed by atoms with Crippen LogP contribution in [-0.2, 0) is 5.41 Å². The van der Waals surface area contributed by atoms with Crippen molar-refractivity contribution in [3.63, 3.8) is 0 Å². The van der Waals surface area contributed by atoms with Crippen molar-refractivity contribution in [3.05, 3.63) is 447 Å². The van der Waals surface area contributed by atoms with Crippen molar-refractivity contribution < 1.29 is 0 Å². The highest BCUT2D eigenvalue weighted by Crippen LogP contribution is 2.65. The Bertz CT molecular complexity index is 8640. The molecule has 0 radical (unpaired) electrons. The van der Waals surface area contributed by atoms with Gasteiger partial charge in [-0.1, -0.05) is 249 Å². The number of para-hydroxylation sites is 8. The molecule has 0 saturated heterocycles. The van der Waals surface area contributed by atoms with Crippen molar-refractivity contribution in [1.82, 2.24) is 22.8 Å². The number of nitrogens with zero attached hydrogens (tertiary/aromatic N) is 6. The summed E-state index contributed by atoms with van der Waals surface area (Å²) in [6.45, 7) is 0. The second kappa shape index (κ2) is 25.6. The third kappa shape index (κ3) is 9.48. The lowest BCUT2D eigenvalue weighted by molar-refractivity contribution is 0.754. The highest BCUT2D eigenvalue weighted by Gasteiger charge is 2.53. The number of thiophene rings is 1. The first-order valence-electron chi connectivity index (χ1n) is 42.1. The molecule has 0 fully saturated rings. The van der Waals surface area contributed by atoms with Crippen molar-refractivity contribution in [2.24, 2.45) is 0 Å². The molecular formula is C115H70N6S. The lowest BCUT2D eigenvalue weighted by Crippen LogP contribution is -2.36. The summed E-state index contributed by atoms with van der Waals surface area (Å²) < 4.78 is 14.9. The van der Waals surface area contributed by atoms with E-state index in [2.05, 4.69) is 452 Å². The summed E-state index contributed by atoms with van der Waals surface area (Å²) in [5.74, 6) is 0. The Balaban J connectivity index is 0.624. The molecule has 0 N–H and O–H groups in total. The van der Waals surface area contributed by atoms with E-state index in [4.69, 9.17) is 0 Å². The third-order valence-corrected chi connectivity index (χ3v) is 27.9. The van der Waals surface area contributed by atoms with Crippen LogP contribution in [0, 0.1) is 0 Å². The van der Waals surface area contributed by atoms with E-state index in [1.165, 1.54) is 174 Å². The minimum absolute atomic E-state index is 0.764. The standard InChI is InChI=1S/C115H70N6S/c1-4-25-71(26-5-1)73-47-52-79(53-48-73)119-106-60-51-76(62-90(106)94-66-96-95-65-93-87-37-13-20-43-104(87)118(111(93)69-113(95)122-114(96)70-112(94)119)81-58-56-80(57-59-81)116-101-40-17-10-33-83(101)84-34-11-18-41-102(84)116)74-49-54-78(55-50-74)117-103-42-19-12-35-85(103)91-63-88-89-64-92-86-36-14-21-44-105(86)121(82-32-24-29-75(61-82)72-27-6-2-7-28-72)110(92)68-100(89)115(99(88)67-109(91)117)97-38-15-22-45-107(97)120(77-30-8-3-9-31-77)108-46-23-16-39-98(108)115/h1-70H. The minimum Gasteiger partial charge on any atom is -0.310 e. The Morgan fingerprint density at radius 2 is 0.467 bits per heavy atom. The quantitative estimate of drug-likeness (QED) is 0.142. The molecule has 27 rings (SSSR count). The molecule has 7 heterocycles. The SMILES string of the molecule is c1ccc(-c2ccc(-n3c4ccc(-c5ccc(-n6c7ccccc7c7cc8c(cc76)C6(c7cc9c(cc7-8)c7ccccc7n9-c7cccc(-c8ccccc8)c7)c7ccccc7N(c7ccccc7)c7ccccc76)cc5)cc4c4cc5c(cc43)sc3cc4c(cc35)c3ccccc3n4-c3ccc(-n4c5ccccc5c5ccccc54)cc3)cc2)cc1. The fraction of sp³-hybridized carbons (Fsp3) is 0.00870. The van der Waals surface area contributed by atoms with Gasteiger partial charge in [0.05, 0.1) is 72.0 Å². The highest BCUT2D eigenvalue weighted by atomic mass is 32.1. The number of fused-ring (bicyclic) bond motifs is 27. The first kappa shape index (κ1) is 67.3. The Hall–Kier alpha value is -15.8. The van der Waals surface area contributed by atoms with E-state index in [-0.39, 0.29) is 0 Å². The Morgan fingerprint density at radius 1 is 0.164 bits per heavy atom. The van der Waals surface area contributed by atoms with Crippen LogP contribution in [0.3, 0.4) is 0 Å². The van der Waals surface area contributed by atoms with Crippen molar-refractivity contribution in [3.8, 4) is 72.9 Å². The van der Waals surface area contributed by atoms with Gasteiger partial charge in [-0.2, -0.15) is 0 Å². The van der Waals surface area contributed by atoms with Gasteiger partial charge in [0.15, 0.2) is 0 Å². The molecule has 0 saturated carbocycles. The van der Waals surface area contributed by atoms with E-state index >= 15 is 0 Å². The molecule has 1 aliphatic heterocycles. The van der Waals surface area contributed by atoms with Crippen LogP contribution in [0.5, 0.6) is 0 Å². The van der Waals surface area contributed by atoms with Crippen LogP contribution in [0.2, 0.25) is 0 Å². The van der Waals surface area contributed by atoms with Gasteiger partial charge in [-0.05, 0) is 243 Å². The molecule has 0 amide bonds. The van der Waals surface area contributed by atoms with Gasteiger partial charge in [-0.3, -0.25) is 0 Å². The Morgan fingerprint density at radius 3 is 0.943 bits per heavy atom. The average molecular weight is 1570 g/mol. The summed E-state index contributed by atoms with van der Waals surface area (Å²) in [7, 11) is 0. The molecule has 0 atom stereocenters. The molecule has 25 aromatic rings. The summed E-state index contributed by atoms with van der Waals surface area (Å²) in [6, 6.07) is 160. The monoisotopic (exact) mass is 1570 g/mol. The van der Waals surface area contributed by atoms with Crippen LogP contribution in [0.15, 0.2) is 425 Å². The average Bonchev–Trinajstić information content (AvgIpc) is 1.49. The summed E-state index contributed by atoms with van der Waals surface area (Å²) in [5.41, 5.74) is 34.7. The van der Waals surface area contributed by atoms with Crippen molar-refractivity contribution in [1.29, 1.82) is 0 Å². The molecule has 7 heteroatoms. The predicted octanol–water partition coefficient (Wildman–Crippen LogP) is 30.7. The van der Waals surface area contributed by atoms with Gasteiger partial charge in [-0.15, -0.1) is 11.3 Å². The van der Waals surface area contributed by atoms with Gasteiger partial charge in [0.2, 0.25) is 0 Å². The third-order valence-electron chi connectivity index (χ3n) is 26.8. The summed E-state index contributed by atoms with van der Waals surface area (Å²) in [4.78, 5) is 2.49. The van der Waals surface area contributed by atoms with Gasteiger partial charge < -0.3 is 27.7 Å². The van der Waals surface area contributed by atoms with Gasteiger partial charge >= 0.3 is 0 Å². The summed E-state index contributed by atoms with van der Waals surface area (Å²) in [6.07, 6.45) is 0. The number of aromatic nitrogens is 5. The fourth-order valence-corrected chi connectivity index (χ4v) is 22.7. The number of anilines is 3. The van der Waals surface area contributed by atoms with Crippen molar-refractivity contribution in [2.75, 3.05) is 4.90 Å². The van der Waals surface area contributed by atoms with Gasteiger partial charge in [0, 0.05) is 108 Å². The molecule has 2 aliphatic rings. The molecule has 6 aromatic heterocycles. The fourth-order valence-electron chi connectivity index (χ4n) is 21.6. The molecule has 566 valence electrons. The molecule has 0 unspecified atom stereocenters. The smallest absolute Gasteiger partial charge is 0.0755 e. The van der Waals surface area contributed by atoms with E-state index in [9.17, 15) is 0 Å². The van der Waals surface area contributed by atoms with Crippen LogP contribution in [-0.4, -0.2) is 22.8 Å². The largest absolute Gasteiger partial charge is 0.310 e. The number of hydrogen-bond donors (Lipinski definition) is 0. The Labute approximate surface area is 705 Å². The van der Waals surface area contributed by atoms with Crippen molar-refractivity contribution >= 4 is 158 Å². The second-order valence-electron chi connectivity index (χ2n) is 33.0. The van der Waals surface area contributed by atoms with Crippen LogP contribution in [0.1, 0.15) is 22.3 Å². The molecular weight excluding hydrogens is 1500 g/mol. The van der Waals surface area contributed by atoms with E-state index in [1.807, 2.05) is 11.3 Å². The molecule has 19 aromatic carbocycles. The minimum atomic E-state index is -0.764. The topological polar surface area (TPSA) is 27.9 Å². The number of benzene rings is 19. The normalized spacial score (nSPS) is 13.0. The van der Waals surface area contributed by atoms with Crippen LogP contribution >= 0.6 is 11.3 Å². The van der Waals surface area contributed by atoms with Crippen LogP contribution < -0.4 is 4.90 Å². The molecule has 1 aliphatic carbocycles. The van der Waals surface area contributed by atoms with Crippen LogP contribution in [0.4, 0.5) is 17.1 Å². The molecule has 122 heavy (non-hydrogen) atoms. The number of rotatable bonds is 9. The predicted molar refractivity (Wildman–Crippen MR) is 513 cm³/mol. The maximum Gasteiger partial charge on any atom is 0.0755 e. The Kier molecular flexibility index (Phi) is 14.1. The molecule has 1 spiro atoms. The van der Waals surface area contributed by atoms with E-state index < -0.39 is 5.41 Å². The van der Waals surface area contributed by atoms with E-state index in [0.29, 0.717) is 0 Å². The van der Waals surface area contributed by atoms with E-state index in [0.717, 1.165) is 67.7 Å². The first-order valence-corrected chi connectivity index (χ1v) is 42.9. The molecule has 6 nitrogen and oxygen atoms in total. The maximum atomic E-state index is 2.59. The van der Waals surface area contributed by atoms with Gasteiger partial charge in [0.25, 0.3) is 0 Å². The zero-order valence-electron chi connectivity index (χ0n) is 66.0.